The van der Waals surface area contributed by atoms with Crippen LogP contribution in [0, 0.1) is 0 Å². The van der Waals surface area contributed by atoms with Crippen molar-refractivity contribution >= 4 is 16.5 Å². The van der Waals surface area contributed by atoms with E-state index in [1.807, 2.05) is 0 Å². The van der Waals surface area contributed by atoms with Crippen LogP contribution in [0.5, 0.6) is 0 Å². The third kappa shape index (κ3) is 12.3. The van der Waals surface area contributed by atoms with Gasteiger partial charge in [0, 0.05) is 0 Å². The summed E-state index contributed by atoms with van der Waals surface area (Å²) in [5.74, 6) is 4.72. The molecule has 0 aromatic carbocycles. The Balaban J connectivity index is 3.11. The van der Waals surface area contributed by atoms with Gasteiger partial charge < -0.3 is 0 Å². The Morgan fingerprint density at radius 3 is 1.57 bits per heavy atom. The summed E-state index contributed by atoms with van der Waals surface area (Å²) in [6.07, 6.45) is 12.5. The maximum Gasteiger partial charge on any atom is -0.0347 e. The molecule has 0 aromatic rings. The van der Waals surface area contributed by atoms with E-state index in [9.17, 15) is 0 Å². The number of unbranched alkanes of at least 4 members (excludes halogenated alkanes) is 4. The van der Waals surface area contributed by atoms with Crippen molar-refractivity contribution < 1.29 is 0 Å². The minimum absolute atomic E-state index is 1.02. The summed E-state index contributed by atoms with van der Waals surface area (Å²) in [6, 6.07) is 0. The first-order valence-electron chi connectivity index (χ1n) is 5.72. The molecular formula is C12H24P2. The lowest BCUT2D eigenvalue weighted by Crippen LogP contribution is -1.64. The molecular weight excluding hydrogens is 206 g/mol. The average molecular weight is 230 g/mol. The molecule has 0 rings (SSSR count). The van der Waals surface area contributed by atoms with E-state index in [1.165, 1.54) is 38.5 Å². The van der Waals surface area contributed by atoms with Crippen LogP contribution < -0.4 is 0 Å². The highest BCUT2D eigenvalue weighted by atomic mass is 32.0. The minimum Gasteiger partial charge on any atom is -0.0840 e. The van der Waals surface area contributed by atoms with Crippen molar-refractivity contribution in [3.8, 4) is 0 Å². The maximum atomic E-state index is 2.36. The largest absolute Gasteiger partial charge is 0.0840 e. The zero-order valence-electron chi connectivity index (χ0n) is 9.55. The lowest BCUT2D eigenvalue weighted by atomic mass is 10.2. The van der Waals surface area contributed by atoms with E-state index >= 15 is 0 Å². The van der Waals surface area contributed by atoms with Gasteiger partial charge in [0.1, 0.15) is 0 Å². The summed E-state index contributed by atoms with van der Waals surface area (Å²) < 4.78 is 0. The summed E-state index contributed by atoms with van der Waals surface area (Å²) in [5.41, 5.74) is 0. The minimum atomic E-state index is 1.02. The van der Waals surface area contributed by atoms with Crippen molar-refractivity contribution in [3.63, 3.8) is 0 Å². The summed E-state index contributed by atoms with van der Waals surface area (Å²) in [5, 5.41) is 0. The van der Waals surface area contributed by atoms with Gasteiger partial charge in [-0.1, -0.05) is 79.9 Å². The van der Waals surface area contributed by atoms with Crippen LogP contribution in [-0.4, -0.2) is 0 Å². The molecule has 0 aliphatic carbocycles. The second-order valence-corrected chi connectivity index (χ2v) is 6.35. The Labute approximate surface area is 93.1 Å². The Morgan fingerprint density at radius 2 is 1.21 bits per heavy atom. The Hall–Kier alpha value is 0.340. The zero-order chi connectivity index (χ0) is 10.5. The van der Waals surface area contributed by atoms with Gasteiger partial charge in [-0.25, -0.2) is 0 Å². The van der Waals surface area contributed by atoms with Gasteiger partial charge >= 0.3 is 0 Å². The van der Waals surface area contributed by atoms with Crippen molar-refractivity contribution in [1.29, 1.82) is 0 Å². The van der Waals surface area contributed by atoms with Gasteiger partial charge in [0.15, 0.2) is 0 Å². The molecule has 2 heteroatoms. The van der Waals surface area contributed by atoms with E-state index in [4.69, 9.17) is 0 Å². The van der Waals surface area contributed by atoms with Gasteiger partial charge in [0.2, 0.25) is 0 Å². The smallest absolute Gasteiger partial charge is 0.0347 e. The molecule has 0 aliphatic rings. The number of allylic oxidation sites excluding steroid dienone is 2. The molecule has 0 radical (unpaired) electrons. The van der Waals surface area contributed by atoms with Crippen LogP contribution in [0.2, 0.25) is 0 Å². The monoisotopic (exact) mass is 230 g/mol. The van der Waals surface area contributed by atoms with E-state index in [-0.39, 0.29) is 0 Å². The van der Waals surface area contributed by atoms with E-state index < -0.39 is 0 Å². The molecule has 0 bridgehead atoms. The molecule has 0 heterocycles. The predicted octanol–water partition coefficient (Wildman–Crippen LogP) is 5.67. The van der Waals surface area contributed by atoms with Crippen LogP contribution in [0.3, 0.4) is 0 Å². The van der Waals surface area contributed by atoms with E-state index in [0.29, 0.717) is 0 Å². The molecule has 0 spiro atoms. The number of hydrogen-bond acceptors (Lipinski definition) is 0. The lowest BCUT2D eigenvalue weighted by molar-refractivity contribution is 0.815. The molecule has 2 unspecified atom stereocenters. The fourth-order valence-electron chi connectivity index (χ4n) is 1.02. The zero-order valence-corrected chi connectivity index (χ0v) is 11.6. The number of hydrogen-bond donors (Lipinski definition) is 0. The summed E-state index contributed by atoms with van der Waals surface area (Å²) in [7, 11) is 2.03. The van der Waals surface area contributed by atoms with Crippen LogP contribution in [0.1, 0.15) is 52.4 Å². The predicted molar refractivity (Wildman–Crippen MR) is 74.0 cm³/mol. The third-order valence-electron chi connectivity index (χ3n) is 1.93. The Kier molecular flexibility index (Phi) is 13.7. The van der Waals surface area contributed by atoms with E-state index in [0.717, 1.165) is 16.5 Å². The van der Waals surface area contributed by atoms with Crippen molar-refractivity contribution in [2.45, 2.75) is 52.4 Å². The van der Waals surface area contributed by atoms with E-state index in [2.05, 4.69) is 37.6 Å². The van der Waals surface area contributed by atoms with Crippen LogP contribution in [-0.2, 0) is 0 Å². The van der Waals surface area contributed by atoms with Gasteiger partial charge in [-0.05, 0) is 12.8 Å². The molecule has 0 amide bonds. The van der Waals surface area contributed by atoms with Crippen molar-refractivity contribution in [1.82, 2.24) is 0 Å². The second kappa shape index (κ2) is 13.3. The molecule has 14 heavy (non-hydrogen) atoms. The first kappa shape index (κ1) is 14.3. The van der Waals surface area contributed by atoms with Crippen molar-refractivity contribution in [2.75, 3.05) is 0 Å². The van der Waals surface area contributed by atoms with Crippen LogP contribution in [0.25, 0.3) is 0 Å². The molecule has 82 valence electrons. The fraction of sp³-hybridized carbons (Fsp3) is 0.667. The van der Waals surface area contributed by atoms with Crippen molar-refractivity contribution in [3.05, 3.63) is 23.8 Å². The Bertz CT molecular complexity index is 132. The maximum absolute atomic E-state index is 2.36. The molecule has 0 saturated carbocycles. The second-order valence-electron chi connectivity index (χ2n) is 3.38. The summed E-state index contributed by atoms with van der Waals surface area (Å²) in [6.45, 7) is 4.49. The topological polar surface area (TPSA) is 0 Å². The van der Waals surface area contributed by atoms with Crippen molar-refractivity contribution in [2.24, 2.45) is 0 Å². The normalized spacial score (nSPS) is 13.6. The van der Waals surface area contributed by atoms with Gasteiger partial charge in [0.05, 0.1) is 0 Å². The van der Waals surface area contributed by atoms with Crippen LogP contribution in [0.4, 0.5) is 0 Å². The fourth-order valence-corrected chi connectivity index (χ4v) is 3.07. The lowest BCUT2D eigenvalue weighted by Gasteiger charge is -1.91. The molecule has 0 N–H and O–H groups in total. The molecule has 0 saturated heterocycles. The quantitative estimate of drug-likeness (QED) is 0.354. The van der Waals surface area contributed by atoms with Crippen LogP contribution in [0.15, 0.2) is 23.8 Å². The van der Waals surface area contributed by atoms with Gasteiger partial charge in [-0.3, -0.25) is 0 Å². The summed E-state index contributed by atoms with van der Waals surface area (Å²) >= 11 is 0. The average Bonchev–Trinajstić information content (AvgIpc) is 2.21. The molecule has 0 aliphatic heterocycles. The molecule has 0 fully saturated rings. The van der Waals surface area contributed by atoms with E-state index in [1.54, 1.807) is 0 Å². The highest BCUT2D eigenvalue weighted by Crippen LogP contribution is 2.39. The third-order valence-corrected chi connectivity index (χ3v) is 4.41. The van der Waals surface area contributed by atoms with Gasteiger partial charge in [-0.15, -0.1) is 0 Å². The highest BCUT2D eigenvalue weighted by molar-refractivity contribution is 8.14. The molecule has 2 atom stereocenters. The summed E-state index contributed by atoms with van der Waals surface area (Å²) in [4.78, 5) is 0. The standard InChI is InChI=1S/C12H24P2/c1-3-5-7-9-11-13-14-12-10-8-6-4-2/h9-14H,3-8H2,1-2H3. The first-order valence-corrected chi connectivity index (χ1v) is 8.88. The highest BCUT2D eigenvalue weighted by Gasteiger charge is 1.80. The molecule has 0 aromatic heterocycles. The molecule has 0 nitrogen and oxygen atoms in total. The first-order chi connectivity index (χ1) is 6.91. The number of rotatable bonds is 9. The van der Waals surface area contributed by atoms with Gasteiger partial charge in [-0.2, -0.15) is 0 Å². The SMILES string of the molecule is CCCCC=CPPC=CCCCC. The van der Waals surface area contributed by atoms with Gasteiger partial charge in [0.25, 0.3) is 0 Å². The van der Waals surface area contributed by atoms with Crippen LogP contribution >= 0.6 is 16.5 Å². The Morgan fingerprint density at radius 1 is 0.786 bits per heavy atom.